The highest BCUT2D eigenvalue weighted by Gasteiger charge is 2.28. The van der Waals surface area contributed by atoms with E-state index in [1.807, 2.05) is 0 Å². The summed E-state index contributed by atoms with van der Waals surface area (Å²) in [5, 5.41) is 2.65. The first-order chi connectivity index (χ1) is 9.24. The monoisotopic (exact) mass is 303 g/mol. The van der Waals surface area contributed by atoms with Crippen molar-refractivity contribution in [2.24, 2.45) is 5.92 Å². The zero-order chi connectivity index (χ0) is 15.3. The third kappa shape index (κ3) is 4.62. The Balaban J connectivity index is 2.68. The highest BCUT2D eigenvalue weighted by atomic mass is 32.2. The second-order valence-corrected chi connectivity index (χ2v) is 6.84. The summed E-state index contributed by atoms with van der Waals surface area (Å²) in [7, 11) is -0.854. The Bertz CT molecular complexity index is 523. The molecule has 7 nitrogen and oxygen atoms in total. The first-order valence-electron chi connectivity index (χ1n) is 6.24. The summed E-state index contributed by atoms with van der Waals surface area (Å²) in [6, 6.07) is 2.61. The SMILES string of the molecule is CC(C)[C@H](NS(=O)(=O)N(C)C)C(=O)NCc1ccco1. The van der Waals surface area contributed by atoms with Gasteiger partial charge in [-0.1, -0.05) is 13.8 Å². The predicted octanol–water partition coefficient (Wildman–Crippen LogP) is 0.316. The average molecular weight is 303 g/mol. The zero-order valence-corrected chi connectivity index (χ0v) is 12.9. The summed E-state index contributed by atoms with van der Waals surface area (Å²) < 4.78 is 32.1. The van der Waals surface area contributed by atoms with Crippen molar-refractivity contribution >= 4 is 16.1 Å². The highest BCUT2D eigenvalue weighted by Crippen LogP contribution is 2.06. The second kappa shape index (κ2) is 6.87. The molecule has 0 unspecified atom stereocenters. The van der Waals surface area contributed by atoms with Crippen LogP contribution in [0.4, 0.5) is 0 Å². The number of hydrogen-bond donors (Lipinski definition) is 2. The fourth-order valence-corrected chi connectivity index (χ4v) is 2.37. The van der Waals surface area contributed by atoms with Gasteiger partial charge >= 0.3 is 0 Å². The van der Waals surface area contributed by atoms with Crippen LogP contribution in [0.25, 0.3) is 0 Å². The molecule has 0 bridgehead atoms. The number of hydrogen-bond acceptors (Lipinski definition) is 4. The molecule has 0 aromatic carbocycles. The summed E-state index contributed by atoms with van der Waals surface area (Å²) in [4.78, 5) is 12.1. The van der Waals surface area contributed by atoms with Crippen molar-refractivity contribution in [2.75, 3.05) is 14.1 Å². The van der Waals surface area contributed by atoms with Crippen molar-refractivity contribution in [3.05, 3.63) is 24.2 Å². The van der Waals surface area contributed by atoms with Crippen molar-refractivity contribution in [3.8, 4) is 0 Å². The van der Waals surface area contributed by atoms with Crippen LogP contribution in [-0.2, 0) is 21.5 Å². The molecule has 20 heavy (non-hydrogen) atoms. The van der Waals surface area contributed by atoms with Gasteiger partial charge in [-0.05, 0) is 18.1 Å². The number of carbonyl (C=O) groups excluding carboxylic acids is 1. The highest BCUT2D eigenvalue weighted by molar-refractivity contribution is 7.87. The minimum absolute atomic E-state index is 0.179. The van der Waals surface area contributed by atoms with E-state index < -0.39 is 16.3 Å². The lowest BCUT2D eigenvalue weighted by Gasteiger charge is -2.23. The van der Waals surface area contributed by atoms with Crippen LogP contribution in [-0.4, -0.2) is 38.8 Å². The maximum absolute atomic E-state index is 12.1. The number of nitrogens with one attached hydrogen (secondary N) is 2. The third-order valence-electron chi connectivity index (χ3n) is 2.72. The number of nitrogens with zero attached hydrogens (tertiary/aromatic N) is 1. The predicted molar refractivity (Wildman–Crippen MR) is 74.9 cm³/mol. The van der Waals surface area contributed by atoms with Gasteiger partial charge in [-0.3, -0.25) is 4.79 Å². The quantitative estimate of drug-likeness (QED) is 0.758. The summed E-state index contributed by atoms with van der Waals surface area (Å²) in [6.45, 7) is 3.77. The van der Waals surface area contributed by atoms with Crippen molar-refractivity contribution in [1.29, 1.82) is 0 Å². The largest absolute Gasteiger partial charge is 0.467 e. The maximum Gasteiger partial charge on any atom is 0.279 e. The topological polar surface area (TPSA) is 91.7 Å². The molecule has 8 heteroatoms. The fourth-order valence-electron chi connectivity index (χ4n) is 1.46. The fraction of sp³-hybridized carbons (Fsp3) is 0.583. The normalized spacial score (nSPS) is 13.7. The minimum atomic E-state index is -3.66. The molecule has 1 aromatic rings. The Morgan fingerprint density at radius 2 is 2.05 bits per heavy atom. The molecule has 0 aliphatic carbocycles. The van der Waals surface area contributed by atoms with Gasteiger partial charge in [0.05, 0.1) is 12.8 Å². The Morgan fingerprint density at radius 1 is 1.40 bits per heavy atom. The molecule has 1 rings (SSSR count). The second-order valence-electron chi connectivity index (χ2n) is 4.92. The van der Waals surface area contributed by atoms with E-state index in [1.54, 1.807) is 26.0 Å². The molecule has 1 aromatic heterocycles. The Hall–Kier alpha value is -1.38. The number of carbonyl (C=O) groups is 1. The third-order valence-corrected chi connectivity index (χ3v) is 4.24. The van der Waals surface area contributed by atoms with E-state index in [2.05, 4.69) is 10.0 Å². The number of rotatable bonds is 7. The first-order valence-corrected chi connectivity index (χ1v) is 7.68. The van der Waals surface area contributed by atoms with Gasteiger partial charge in [0, 0.05) is 14.1 Å². The van der Waals surface area contributed by atoms with Gasteiger partial charge in [-0.2, -0.15) is 17.4 Å². The van der Waals surface area contributed by atoms with Crippen LogP contribution in [0.2, 0.25) is 0 Å². The molecule has 0 aliphatic heterocycles. The van der Waals surface area contributed by atoms with E-state index in [0.29, 0.717) is 5.76 Å². The Kier molecular flexibility index (Phi) is 5.73. The Morgan fingerprint density at radius 3 is 2.50 bits per heavy atom. The van der Waals surface area contributed by atoms with Crippen LogP contribution in [0.1, 0.15) is 19.6 Å². The van der Waals surface area contributed by atoms with Crippen LogP contribution in [0.3, 0.4) is 0 Å². The lowest BCUT2D eigenvalue weighted by Crippen LogP contribution is -2.52. The van der Waals surface area contributed by atoms with Crippen LogP contribution in [0.15, 0.2) is 22.8 Å². The summed E-state index contributed by atoms with van der Waals surface area (Å²) >= 11 is 0. The van der Waals surface area contributed by atoms with E-state index in [-0.39, 0.29) is 18.4 Å². The molecule has 2 N–H and O–H groups in total. The molecule has 1 amide bonds. The van der Waals surface area contributed by atoms with Crippen molar-refractivity contribution < 1.29 is 17.6 Å². The molecule has 1 heterocycles. The lowest BCUT2D eigenvalue weighted by atomic mass is 10.1. The summed E-state index contributed by atoms with van der Waals surface area (Å²) in [5.74, 6) is 0.0412. The lowest BCUT2D eigenvalue weighted by molar-refractivity contribution is -0.123. The van der Waals surface area contributed by atoms with E-state index in [4.69, 9.17) is 4.42 Å². The van der Waals surface area contributed by atoms with Crippen molar-refractivity contribution in [3.63, 3.8) is 0 Å². The zero-order valence-electron chi connectivity index (χ0n) is 12.1. The van der Waals surface area contributed by atoms with Crippen molar-refractivity contribution in [2.45, 2.75) is 26.4 Å². The molecule has 0 radical (unpaired) electrons. The van der Waals surface area contributed by atoms with Gasteiger partial charge in [-0.15, -0.1) is 0 Å². The Labute approximate surface area is 119 Å². The van der Waals surface area contributed by atoms with Crippen molar-refractivity contribution in [1.82, 2.24) is 14.3 Å². The van der Waals surface area contributed by atoms with Gasteiger partial charge in [0.1, 0.15) is 11.8 Å². The molecule has 0 aliphatic rings. The van der Waals surface area contributed by atoms with Gasteiger partial charge in [0.15, 0.2) is 0 Å². The first kappa shape index (κ1) is 16.7. The van der Waals surface area contributed by atoms with E-state index >= 15 is 0 Å². The molecular formula is C12H21N3O4S. The molecule has 1 atom stereocenters. The van der Waals surface area contributed by atoms with Gasteiger partial charge in [0.2, 0.25) is 5.91 Å². The standard InChI is InChI=1S/C12H21N3O4S/c1-9(2)11(14-20(17,18)15(3)4)12(16)13-8-10-6-5-7-19-10/h5-7,9,11,14H,8H2,1-4H3,(H,13,16)/t11-/m0/s1. The molecular weight excluding hydrogens is 282 g/mol. The van der Waals surface area contributed by atoms with E-state index in [1.165, 1.54) is 20.4 Å². The molecule has 114 valence electrons. The molecule has 0 saturated carbocycles. The van der Waals surface area contributed by atoms with Crippen LogP contribution in [0.5, 0.6) is 0 Å². The average Bonchev–Trinajstić information content (AvgIpc) is 2.85. The maximum atomic E-state index is 12.1. The van der Waals surface area contributed by atoms with Gasteiger partial charge < -0.3 is 9.73 Å². The van der Waals surface area contributed by atoms with E-state index in [9.17, 15) is 13.2 Å². The molecule has 0 fully saturated rings. The summed E-state index contributed by atoms with van der Waals surface area (Å²) in [5.41, 5.74) is 0. The minimum Gasteiger partial charge on any atom is -0.467 e. The number of furan rings is 1. The summed E-state index contributed by atoms with van der Waals surface area (Å²) in [6.07, 6.45) is 1.51. The van der Waals surface area contributed by atoms with Crippen LogP contribution in [0, 0.1) is 5.92 Å². The number of amides is 1. The van der Waals surface area contributed by atoms with E-state index in [0.717, 1.165) is 4.31 Å². The van der Waals surface area contributed by atoms with Gasteiger partial charge in [-0.25, -0.2) is 0 Å². The smallest absolute Gasteiger partial charge is 0.279 e. The van der Waals surface area contributed by atoms with Gasteiger partial charge in [0.25, 0.3) is 10.2 Å². The van der Waals surface area contributed by atoms with Crippen LogP contribution >= 0.6 is 0 Å². The molecule has 0 spiro atoms. The van der Waals surface area contributed by atoms with Crippen LogP contribution < -0.4 is 10.0 Å². The molecule has 0 saturated heterocycles.